The van der Waals surface area contributed by atoms with E-state index in [2.05, 4.69) is 10.6 Å². The number of carbonyl (C=O) groups excluding carboxylic acids is 2. The summed E-state index contributed by atoms with van der Waals surface area (Å²) in [5.74, 6) is -0.0434. The Morgan fingerprint density at radius 2 is 1.75 bits per heavy atom. The summed E-state index contributed by atoms with van der Waals surface area (Å²) >= 11 is 0. The summed E-state index contributed by atoms with van der Waals surface area (Å²) in [7, 11) is 0. The van der Waals surface area contributed by atoms with Crippen molar-refractivity contribution in [2.45, 2.75) is 63.5 Å². The number of hydrogen-bond acceptors (Lipinski definition) is 6. The van der Waals surface area contributed by atoms with E-state index in [-0.39, 0.29) is 29.7 Å². The number of nitrogens with one attached hydrogen (secondary N) is 2. The van der Waals surface area contributed by atoms with Gasteiger partial charge in [-0.1, -0.05) is 44.2 Å². The fourth-order valence-corrected chi connectivity index (χ4v) is 5.95. The van der Waals surface area contributed by atoms with E-state index in [1.165, 1.54) is 4.57 Å². The fraction of sp³-hybridized carbons (Fsp3) is 0.407. The minimum atomic E-state index is -1.62. The van der Waals surface area contributed by atoms with Crippen molar-refractivity contribution in [1.82, 2.24) is 20.2 Å². The van der Waals surface area contributed by atoms with Crippen molar-refractivity contribution in [2.24, 2.45) is 5.92 Å². The monoisotopic (exact) mass is 487 g/mol. The molecule has 3 aromatic rings. The van der Waals surface area contributed by atoms with Crippen molar-refractivity contribution in [3.8, 4) is 0 Å². The molecule has 9 nitrogen and oxygen atoms in total. The molecule has 0 saturated carbocycles. The third-order valence-corrected chi connectivity index (χ3v) is 7.79. The smallest absolute Gasteiger partial charge is 0.262 e. The molecule has 186 valence electrons. The lowest BCUT2D eigenvalue weighted by Gasteiger charge is -2.39. The molecule has 0 spiro atoms. The second kappa shape index (κ2) is 7.47. The number of nitrogens with zero attached hydrogens (tertiary/aromatic N) is 3. The van der Waals surface area contributed by atoms with Crippen LogP contribution < -0.4 is 21.1 Å². The molecule has 2 amide bonds. The molecule has 1 fully saturated rings. The standard InChI is InChI=1S/C27H29N5O4/c1-14(2)20-21-28-17-11-7-5-9-15(17)23(34)31(21)19(22(33)29-20)13-27(36)16-10-6-8-12-18(16)32-24(27)30-26(3,4)25(32)35/h5-12,14,19-20,24,30,36H,13H2,1-4H3,(H,29,33)/t19-,20+,24-,27+/m1/s1. The van der Waals surface area contributed by atoms with Gasteiger partial charge in [0, 0.05) is 12.0 Å². The first kappa shape index (κ1) is 22.9. The van der Waals surface area contributed by atoms with E-state index in [9.17, 15) is 19.5 Å². The Labute approximate surface area is 208 Å². The molecule has 4 heterocycles. The average Bonchev–Trinajstić information content (AvgIpc) is 3.23. The molecule has 3 aliphatic heterocycles. The van der Waals surface area contributed by atoms with Gasteiger partial charge in [0.15, 0.2) is 0 Å². The topological polar surface area (TPSA) is 117 Å². The van der Waals surface area contributed by atoms with Gasteiger partial charge in [0.1, 0.15) is 23.6 Å². The number of benzene rings is 2. The zero-order chi connectivity index (χ0) is 25.6. The third-order valence-electron chi connectivity index (χ3n) is 7.79. The molecule has 1 aromatic heterocycles. The van der Waals surface area contributed by atoms with E-state index in [1.807, 2.05) is 26.0 Å². The molecule has 0 radical (unpaired) electrons. The number of aromatic nitrogens is 2. The van der Waals surface area contributed by atoms with E-state index >= 15 is 0 Å². The molecular formula is C27H29N5O4. The predicted molar refractivity (Wildman–Crippen MR) is 134 cm³/mol. The Morgan fingerprint density at radius 3 is 2.50 bits per heavy atom. The number of carbonyl (C=O) groups is 2. The van der Waals surface area contributed by atoms with Crippen LogP contribution in [0.5, 0.6) is 0 Å². The lowest BCUT2D eigenvalue weighted by molar-refractivity contribution is -0.130. The normalized spacial score (nSPS) is 28.3. The minimum Gasteiger partial charge on any atom is -0.381 e. The van der Waals surface area contributed by atoms with Gasteiger partial charge in [-0.3, -0.25) is 29.2 Å². The van der Waals surface area contributed by atoms with Gasteiger partial charge in [-0.2, -0.15) is 0 Å². The van der Waals surface area contributed by atoms with Gasteiger partial charge < -0.3 is 10.4 Å². The number of rotatable bonds is 3. The van der Waals surface area contributed by atoms with Crippen LogP contribution in [-0.4, -0.2) is 38.2 Å². The summed E-state index contributed by atoms with van der Waals surface area (Å²) in [4.78, 5) is 47.0. The van der Waals surface area contributed by atoms with E-state index in [4.69, 9.17) is 4.98 Å². The molecule has 1 saturated heterocycles. The van der Waals surface area contributed by atoms with E-state index in [0.717, 1.165) is 0 Å². The van der Waals surface area contributed by atoms with Crippen molar-refractivity contribution >= 4 is 28.4 Å². The summed E-state index contributed by atoms with van der Waals surface area (Å²) in [6.07, 6.45) is -0.883. The maximum Gasteiger partial charge on any atom is 0.262 e. The van der Waals surface area contributed by atoms with Gasteiger partial charge >= 0.3 is 0 Å². The van der Waals surface area contributed by atoms with Gasteiger partial charge in [0.2, 0.25) is 11.8 Å². The van der Waals surface area contributed by atoms with E-state index < -0.39 is 29.4 Å². The quantitative estimate of drug-likeness (QED) is 0.521. The number of hydrogen-bond donors (Lipinski definition) is 3. The van der Waals surface area contributed by atoms with Crippen molar-refractivity contribution in [3.63, 3.8) is 0 Å². The molecule has 0 aliphatic carbocycles. The highest BCUT2D eigenvalue weighted by Crippen LogP contribution is 2.50. The second-order valence-electron chi connectivity index (χ2n) is 10.9. The first-order valence-corrected chi connectivity index (χ1v) is 12.3. The first-order valence-electron chi connectivity index (χ1n) is 12.3. The molecule has 0 unspecified atom stereocenters. The summed E-state index contributed by atoms with van der Waals surface area (Å²) < 4.78 is 1.46. The van der Waals surface area contributed by atoms with Gasteiger partial charge in [-0.25, -0.2) is 4.98 Å². The molecule has 9 heteroatoms. The van der Waals surface area contributed by atoms with Crippen molar-refractivity contribution < 1.29 is 14.7 Å². The van der Waals surface area contributed by atoms with Gasteiger partial charge in [-0.05, 0) is 38.0 Å². The average molecular weight is 488 g/mol. The Balaban J connectivity index is 1.54. The van der Waals surface area contributed by atoms with E-state index in [1.54, 1.807) is 55.1 Å². The van der Waals surface area contributed by atoms with E-state index in [0.29, 0.717) is 28.0 Å². The summed E-state index contributed by atoms with van der Waals surface area (Å²) in [5.41, 5.74) is -1.11. The van der Waals surface area contributed by atoms with Gasteiger partial charge in [0.25, 0.3) is 5.56 Å². The number of para-hydroxylation sites is 2. The van der Waals surface area contributed by atoms with Crippen LogP contribution in [0.1, 0.15) is 57.6 Å². The first-order chi connectivity index (χ1) is 17.0. The zero-order valence-corrected chi connectivity index (χ0v) is 20.6. The summed E-state index contributed by atoms with van der Waals surface area (Å²) in [6, 6.07) is 12.8. The lowest BCUT2D eigenvalue weighted by Crippen LogP contribution is -2.55. The fourth-order valence-electron chi connectivity index (χ4n) is 5.95. The predicted octanol–water partition coefficient (Wildman–Crippen LogP) is 2.10. The maximum absolute atomic E-state index is 13.8. The summed E-state index contributed by atoms with van der Waals surface area (Å²) in [6.45, 7) is 7.47. The molecule has 4 atom stereocenters. The lowest BCUT2D eigenvalue weighted by atomic mass is 9.84. The minimum absolute atomic E-state index is 0.00471. The molecule has 3 aliphatic rings. The molecule has 2 aromatic carbocycles. The van der Waals surface area contributed by atoms with Crippen molar-refractivity contribution in [2.75, 3.05) is 4.90 Å². The molecule has 0 bridgehead atoms. The highest BCUT2D eigenvalue weighted by atomic mass is 16.3. The van der Waals surface area contributed by atoms with Gasteiger partial charge in [-0.15, -0.1) is 0 Å². The molecule has 6 rings (SSSR count). The largest absolute Gasteiger partial charge is 0.381 e. The van der Waals surface area contributed by atoms with Crippen molar-refractivity contribution in [1.29, 1.82) is 0 Å². The Kier molecular flexibility index (Phi) is 4.75. The van der Waals surface area contributed by atoms with Crippen LogP contribution in [0.2, 0.25) is 0 Å². The highest BCUT2D eigenvalue weighted by molar-refractivity contribution is 6.05. The zero-order valence-electron chi connectivity index (χ0n) is 20.6. The SMILES string of the molecule is CC(C)[C@@H]1NC(=O)[C@@H](C[C@]2(O)c3ccccc3N3C(=O)C(C)(C)N[C@H]32)n2c1nc1ccccc1c2=O. The molecule has 36 heavy (non-hydrogen) atoms. The van der Waals surface area contributed by atoms with Crippen LogP contribution >= 0.6 is 0 Å². The van der Waals surface area contributed by atoms with Crippen LogP contribution in [-0.2, 0) is 15.2 Å². The summed E-state index contributed by atoms with van der Waals surface area (Å²) in [5, 5.41) is 19.0. The van der Waals surface area contributed by atoms with Crippen molar-refractivity contribution in [3.05, 3.63) is 70.3 Å². The number of anilines is 1. The van der Waals surface area contributed by atoms with Crippen LogP contribution in [0.4, 0.5) is 5.69 Å². The maximum atomic E-state index is 13.8. The number of aliphatic hydroxyl groups is 1. The second-order valence-corrected chi connectivity index (χ2v) is 10.9. The molecular weight excluding hydrogens is 458 g/mol. The Morgan fingerprint density at radius 1 is 1.06 bits per heavy atom. The number of amides is 2. The highest BCUT2D eigenvalue weighted by Gasteiger charge is 2.61. The molecule has 3 N–H and O–H groups in total. The number of fused-ring (bicyclic) bond motifs is 5. The van der Waals surface area contributed by atoms with Crippen LogP contribution in [0.25, 0.3) is 10.9 Å². The Bertz CT molecular complexity index is 1500. The van der Waals surface area contributed by atoms with Crippen LogP contribution in [0.15, 0.2) is 53.3 Å². The van der Waals surface area contributed by atoms with Crippen LogP contribution in [0, 0.1) is 5.92 Å². The Hall–Kier alpha value is -3.56. The van der Waals surface area contributed by atoms with Gasteiger partial charge in [0.05, 0.1) is 28.2 Å². The van der Waals surface area contributed by atoms with Crippen LogP contribution in [0.3, 0.4) is 0 Å². The third kappa shape index (κ3) is 2.96.